The number of H-pyrrole nitrogens is 1. The molecule has 98 valence electrons. The van der Waals surface area contributed by atoms with Gasteiger partial charge in [0.05, 0.1) is 17.7 Å². The molecule has 2 heterocycles. The van der Waals surface area contributed by atoms with Crippen molar-refractivity contribution in [2.45, 2.75) is 6.42 Å². The number of anilines is 4. The molecule has 6 heteroatoms. The highest BCUT2D eigenvalue weighted by Gasteiger charge is 2.38. The van der Waals surface area contributed by atoms with Crippen molar-refractivity contribution in [3.63, 3.8) is 0 Å². The highest BCUT2D eigenvalue weighted by molar-refractivity contribution is 6.07. The SMILES string of the molecule is N#Cc1c(N)[nH+]c2c(c1N)CC(=O)N2c1ccccc1. The summed E-state index contributed by atoms with van der Waals surface area (Å²) in [6.07, 6.45) is 0.154. The molecule has 0 fully saturated rings. The zero-order valence-electron chi connectivity index (χ0n) is 10.6. The van der Waals surface area contributed by atoms with Crippen LogP contribution in [0.25, 0.3) is 0 Å². The number of nitrogens with two attached hydrogens (primary N) is 2. The molecule has 5 N–H and O–H groups in total. The number of amides is 1. The minimum atomic E-state index is -0.108. The fourth-order valence-corrected chi connectivity index (χ4v) is 2.38. The maximum absolute atomic E-state index is 12.2. The second-order valence-corrected chi connectivity index (χ2v) is 4.51. The van der Waals surface area contributed by atoms with Gasteiger partial charge in [0, 0.05) is 0 Å². The van der Waals surface area contributed by atoms with Crippen LogP contribution in [0.3, 0.4) is 0 Å². The first-order valence-corrected chi connectivity index (χ1v) is 6.04. The predicted octanol–water partition coefficient (Wildman–Crippen LogP) is 0.758. The molecule has 0 saturated carbocycles. The van der Waals surface area contributed by atoms with Crippen LogP contribution in [0.5, 0.6) is 0 Å². The smallest absolute Gasteiger partial charge is 0.292 e. The van der Waals surface area contributed by atoms with Crippen LogP contribution in [0.15, 0.2) is 30.3 Å². The Morgan fingerprint density at radius 3 is 2.60 bits per heavy atom. The number of pyridine rings is 1. The minimum absolute atomic E-state index is 0.108. The normalized spacial score (nSPS) is 13.2. The second kappa shape index (κ2) is 4.24. The van der Waals surface area contributed by atoms with E-state index in [1.165, 1.54) is 4.90 Å². The molecular weight excluding hydrogens is 254 g/mol. The molecule has 0 saturated heterocycles. The highest BCUT2D eigenvalue weighted by Crippen LogP contribution is 2.37. The predicted molar refractivity (Wildman–Crippen MR) is 73.8 cm³/mol. The number of rotatable bonds is 1. The van der Waals surface area contributed by atoms with Gasteiger partial charge < -0.3 is 11.5 Å². The van der Waals surface area contributed by atoms with Gasteiger partial charge in [0.15, 0.2) is 0 Å². The average molecular weight is 266 g/mol. The Morgan fingerprint density at radius 1 is 1.25 bits per heavy atom. The van der Waals surface area contributed by atoms with Crippen LogP contribution < -0.4 is 21.4 Å². The molecule has 0 unspecified atom stereocenters. The zero-order valence-corrected chi connectivity index (χ0v) is 10.6. The van der Waals surface area contributed by atoms with Crippen molar-refractivity contribution in [1.29, 1.82) is 5.26 Å². The van der Waals surface area contributed by atoms with E-state index >= 15 is 0 Å². The molecule has 20 heavy (non-hydrogen) atoms. The molecule has 2 aromatic rings. The van der Waals surface area contributed by atoms with Crippen LogP contribution in [0.1, 0.15) is 11.1 Å². The number of aromatic nitrogens is 1. The molecule has 0 atom stereocenters. The van der Waals surface area contributed by atoms with Gasteiger partial charge in [-0.3, -0.25) is 4.79 Å². The lowest BCUT2D eigenvalue weighted by atomic mass is 10.1. The Bertz CT molecular complexity index is 748. The maximum atomic E-state index is 12.2. The van der Waals surface area contributed by atoms with Gasteiger partial charge in [-0.05, 0) is 12.1 Å². The van der Waals surface area contributed by atoms with Crippen molar-refractivity contribution in [2.75, 3.05) is 16.4 Å². The molecule has 0 radical (unpaired) electrons. The molecular formula is C14H12N5O+. The second-order valence-electron chi connectivity index (χ2n) is 4.51. The standard InChI is InChI=1S/C14H11N5O/c15-7-10-12(16)9-6-11(20)19(14(9)18-13(10)17)8-4-2-1-3-5-8/h1-5H,6H2,(H4,16,17,18)/p+1. The Kier molecular flexibility index (Phi) is 2.54. The molecule has 6 nitrogen and oxygen atoms in total. The first-order valence-electron chi connectivity index (χ1n) is 6.04. The number of nitrogens with zero attached hydrogens (tertiary/aromatic N) is 2. The third-order valence-corrected chi connectivity index (χ3v) is 3.33. The molecule has 0 spiro atoms. The summed E-state index contributed by atoms with van der Waals surface area (Å²) >= 11 is 0. The number of para-hydroxylation sites is 1. The van der Waals surface area contributed by atoms with Crippen LogP contribution >= 0.6 is 0 Å². The summed E-state index contributed by atoms with van der Waals surface area (Å²) in [6, 6.07) is 11.2. The van der Waals surface area contributed by atoms with Crippen molar-refractivity contribution in [3.05, 3.63) is 41.5 Å². The topological polar surface area (TPSA) is 110 Å². The third kappa shape index (κ3) is 1.57. The largest absolute Gasteiger partial charge is 0.397 e. The van der Waals surface area contributed by atoms with E-state index in [-0.39, 0.29) is 29.4 Å². The summed E-state index contributed by atoms with van der Waals surface area (Å²) in [4.78, 5) is 16.7. The first kappa shape index (κ1) is 12.0. The molecule has 1 aromatic heterocycles. The third-order valence-electron chi connectivity index (χ3n) is 3.33. The van der Waals surface area contributed by atoms with Crippen LogP contribution in [0, 0.1) is 11.3 Å². The average Bonchev–Trinajstić information content (AvgIpc) is 2.77. The number of hydrogen-bond donors (Lipinski definition) is 2. The van der Waals surface area contributed by atoms with Crippen molar-refractivity contribution in [1.82, 2.24) is 0 Å². The van der Waals surface area contributed by atoms with Crippen LogP contribution in [-0.2, 0) is 11.2 Å². The van der Waals surface area contributed by atoms with Gasteiger partial charge in [-0.2, -0.15) is 10.2 Å². The number of nitrogens with one attached hydrogen (secondary N) is 1. The van der Waals surface area contributed by atoms with Crippen LogP contribution in [0.4, 0.5) is 23.0 Å². The number of fused-ring (bicyclic) bond motifs is 1. The van der Waals surface area contributed by atoms with Gasteiger partial charge in [0.2, 0.25) is 11.6 Å². The van der Waals surface area contributed by atoms with E-state index in [9.17, 15) is 4.79 Å². The van der Waals surface area contributed by atoms with E-state index in [2.05, 4.69) is 4.98 Å². The fraction of sp³-hybridized carbons (Fsp3) is 0.0714. The van der Waals surface area contributed by atoms with Crippen molar-refractivity contribution in [2.24, 2.45) is 0 Å². The summed E-state index contributed by atoms with van der Waals surface area (Å²) in [7, 11) is 0. The fourth-order valence-electron chi connectivity index (χ4n) is 2.38. The Labute approximate surface area is 115 Å². The number of benzene rings is 1. The van der Waals surface area contributed by atoms with E-state index in [1.54, 1.807) is 0 Å². The van der Waals surface area contributed by atoms with Crippen molar-refractivity contribution < 1.29 is 9.78 Å². The monoisotopic (exact) mass is 266 g/mol. The van der Waals surface area contributed by atoms with E-state index in [0.29, 0.717) is 11.4 Å². The minimum Gasteiger partial charge on any atom is -0.397 e. The number of hydrogen-bond acceptors (Lipinski definition) is 4. The van der Waals surface area contributed by atoms with E-state index < -0.39 is 0 Å². The summed E-state index contributed by atoms with van der Waals surface area (Å²) in [5.41, 5.74) is 13.5. The Hall–Kier alpha value is -3.07. The molecule has 1 aliphatic heterocycles. The van der Waals surface area contributed by atoms with Gasteiger partial charge in [-0.15, -0.1) is 0 Å². The lowest BCUT2D eigenvalue weighted by molar-refractivity contribution is -0.344. The summed E-state index contributed by atoms with van der Waals surface area (Å²) in [5.74, 6) is 0.596. The quantitative estimate of drug-likeness (QED) is 0.793. The molecule has 1 aromatic carbocycles. The summed E-state index contributed by atoms with van der Waals surface area (Å²) < 4.78 is 0. The lowest BCUT2D eigenvalue weighted by Gasteiger charge is -2.12. The Morgan fingerprint density at radius 2 is 1.95 bits per heavy atom. The molecule has 0 bridgehead atoms. The first-order chi connectivity index (χ1) is 9.63. The lowest BCUT2D eigenvalue weighted by Crippen LogP contribution is -2.27. The van der Waals surface area contributed by atoms with E-state index in [0.717, 1.165) is 5.69 Å². The number of carbonyl (C=O) groups is 1. The van der Waals surface area contributed by atoms with E-state index in [4.69, 9.17) is 16.7 Å². The van der Waals surface area contributed by atoms with E-state index in [1.807, 2.05) is 36.4 Å². The van der Waals surface area contributed by atoms with Crippen LogP contribution in [0.2, 0.25) is 0 Å². The number of aromatic amines is 1. The highest BCUT2D eigenvalue weighted by atomic mass is 16.2. The van der Waals surface area contributed by atoms with Gasteiger partial charge in [0.1, 0.15) is 17.3 Å². The van der Waals surface area contributed by atoms with Crippen LogP contribution in [-0.4, -0.2) is 5.91 Å². The zero-order chi connectivity index (χ0) is 14.3. The summed E-state index contributed by atoms with van der Waals surface area (Å²) in [6.45, 7) is 0. The van der Waals surface area contributed by atoms with Crippen molar-refractivity contribution >= 4 is 28.9 Å². The van der Waals surface area contributed by atoms with Gasteiger partial charge >= 0.3 is 0 Å². The van der Waals surface area contributed by atoms with Crippen molar-refractivity contribution in [3.8, 4) is 6.07 Å². The molecule has 1 amide bonds. The molecule has 1 aliphatic rings. The molecule has 3 rings (SSSR count). The number of nitrogen functional groups attached to an aromatic ring is 2. The Balaban J connectivity index is 2.22. The molecule has 0 aliphatic carbocycles. The number of nitriles is 1. The van der Waals surface area contributed by atoms with Gasteiger partial charge in [-0.1, -0.05) is 18.2 Å². The van der Waals surface area contributed by atoms with Gasteiger partial charge in [0.25, 0.3) is 5.91 Å². The summed E-state index contributed by atoms with van der Waals surface area (Å²) in [5, 5.41) is 9.05. The number of carbonyl (C=O) groups excluding carboxylic acids is 1. The maximum Gasteiger partial charge on any atom is 0.292 e. The van der Waals surface area contributed by atoms with Gasteiger partial charge in [-0.25, -0.2) is 4.98 Å².